The summed E-state index contributed by atoms with van der Waals surface area (Å²) >= 11 is 0. The van der Waals surface area contributed by atoms with Crippen LogP contribution in [0.1, 0.15) is 31.0 Å². The Morgan fingerprint density at radius 1 is 0.958 bits per heavy atom. The van der Waals surface area contributed by atoms with Crippen LogP contribution in [0.3, 0.4) is 0 Å². The van der Waals surface area contributed by atoms with Gasteiger partial charge in [-0.25, -0.2) is 8.42 Å². The predicted molar refractivity (Wildman–Crippen MR) is 94.0 cm³/mol. The van der Waals surface area contributed by atoms with Crippen molar-refractivity contribution in [3.63, 3.8) is 0 Å². The second kappa shape index (κ2) is 7.59. The van der Waals surface area contributed by atoms with Gasteiger partial charge in [-0.2, -0.15) is 4.72 Å². The zero-order valence-electron chi connectivity index (χ0n) is 14.0. The molecule has 0 aliphatic rings. The van der Waals surface area contributed by atoms with Gasteiger partial charge in [-0.15, -0.1) is 0 Å². The summed E-state index contributed by atoms with van der Waals surface area (Å²) < 4.78 is 28.0. The van der Waals surface area contributed by atoms with Crippen molar-refractivity contribution in [1.82, 2.24) is 10.0 Å². The molecule has 24 heavy (non-hydrogen) atoms. The average Bonchev–Trinajstić information content (AvgIpc) is 2.53. The van der Waals surface area contributed by atoms with E-state index in [9.17, 15) is 13.2 Å². The van der Waals surface area contributed by atoms with Crippen molar-refractivity contribution in [2.75, 3.05) is 0 Å². The molecule has 1 atom stereocenters. The van der Waals surface area contributed by atoms with E-state index in [2.05, 4.69) is 10.0 Å². The smallest absolute Gasteiger partial charge is 0.242 e. The van der Waals surface area contributed by atoms with Crippen LogP contribution in [0.4, 0.5) is 0 Å². The standard InChI is InChI=1S/C18H22N2O3S/c1-13(2)19-18(21)17(15-10-5-4-6-11-15)20-24(22,23)16-12-8-7-9-14(16)3/h4-13,17,20H,1-3H3,(H,19,21)/t17-/m0/s1. The van der Waals surface area contributed by atoms with Gasteiger partial charge in [0.05, 0.1) is 4.90 Å². The van der Waals surface area contributed by atoms with Crippen LogP contribution in [-0.4, -0.2) is 20.4 Å². The minimum Gasteiger partial charge on any atom is -0.352 e. The maximum atomic E-state index is 12.7. The molecule has 0 saturated heterocycles. The molecule has 128 valence electrons. The average molecular weight is 346 g/mol. The van der Waals surface area contributed by atoms with Crippen LogP contribution in [0.15, 0.2) is 59.5 Å². The van der Waals surface area contributed by atoms with E-state index < -0.39 is 16.1 Å². The Labute approximate surface area is 143 Å². The topological polar surface area (TPSA) is 75.3 Å². The number of nitrogens with one attached hydrogen (secondary N) is 2. The van der Waals surface area contributed by atoms with Gasteiger partial charge in [-0.05, 0) is 38.0 Å². The molecule has 0 fully saturated rings. The number of hydrogen-bond donors (Lipinski definition) is 2. The molecule has 0 bridgehead atoms. The largest absolute Gasteiger partial charge is 0.352 e. The summed E-state index contributed by atoms with van der Waals surface area (Å²) in [6, 6.07) is 14.4. The Kier molecular flexibility index (Phi) is 5.75. The molecular formula is C18H22N2O3S. The summed E-state index contributed by atoms with van der Waals surface area (Å²) in [6.07, 6.45) is 0. The minimum atomic E-state index is -3.83. The van der Waals surface area contributed by atoms with Gasteiger partial charge in [0, 0.05) is 6.04 Å². The maximum absolute atomic E-state index is 12.7. The Hall–Kier alpha value is -2.18. The van der Waals surface area contributed by atoms with Gasteiger partial charge in [0.2, 0.25) is 15.9 Å². The fourth-order valence-corrected chi connectivity index (χ4v) is 3.79. The van der Waals surface area contributed by atoms with Crippen LogP contribution in [-0.2, 0) is 14.8 Å². The van der Waals surface area contributed by atoms with Crippen LogP contribution < -0.4 is 10.0 Å². The van der Waals surface area contributed by atoms with Gasteiger partial charge in [-0.1, -0.05) is 48.5 Å². The van der Waals surface area contributed by atoms with Crippen molar-refractivity contribution in [2.45, 2.75) is 37.8 Å². The molecule has 0 radical (unpaired) electrons. The number of benzene rings is 2. The summed E-state index contributed by atoms with van der Waals surface area (Å²) in [5, 5.41) is 2.76. The Bertz CT molecular complexity index is 802. The molecule has 0 aliphatic carbocycles. The highest BCUT2D eigenvalue weighted by Crippen LogP contribution is 2.20. The Morgan fingerprint density at radius 2 is 1.54 bits per heavy atom. The van der Waals surface area contributed by atoms with E-state index in [1.807, 2.05) is 19.9 Å². The molecule has 0 aliphatic heterocycles. The van der Waals surface area contributed by atoms with E-state index in [0.29, 0.717) is 11.1 Å². The number of aryl methyl sites for hydroxylation is 1. The number of sulfonamides is 1. The molecule has 1 amide bonds. The van der Waals surface area contributed by atoms with Crippen LogP contribution in [0, 0.1) is 6.92 Å². The molecule has 2 N–H and O–H groups in total. The van der Waals surface area contributed by atoms with Gasteiger partial charge in [0.1, 0.15) is 6.04 Å². The Balaban J connectivity index is 2.38. The lowest BCUT2D eigenvalue weighted by atomic mass is 10.1. The molecule has 0 heterocycles. The minimum absolute atomic E-state index is 0.0910. The molecule has 6 heteroatoms. The molecule has 2 rings (SSSR count). The summed E-state index contributed by atoms with van der Waals surface area (Å²) in [5.74, 6) is -0.381. The van der Waals surface area contributed by atoms with Gasteiger partial charge in [0.25, 0.3) is 0 Å². The highest BCUT2D eigenvalue weighted by Gasteiger charge is 2.28. The van der Waals surface area contributed by atoms with Crippen molar-refractivity contribution in [3.05, 3.63) is 65.7 Å². The fourth-order valence-electron chi connectivity index (χ4n) is 2.36. The molecule has 5 nitrogen and oxygen atoms in total. The lowest BCUT2D eigenvalue weighted by Crippen LogP contribution is -2.42. The van der Waals surface area contributed by atoms with Crippen molar-refractivity contribution >= 4 is 15.9 Å². The summed E-state index contributed by atoms with van der Waals surface area (Å²) in [7, 11) is -3.83. The third-order valence-corrected chi connectivity index (χ3v) is 5.07. The SMILES string of the molecule is Cc1ccccc1S(=O)(=O)N[C@H](C(=O)NC(C)C)c1ccccc1. The monoisotopic (exact) mass is 346 g/mol. The van der Waals surface area contributed by atoms with Crippen LogP contribution in [0.25, 0.3) is 0 Å². The lowest BCUT2D eigenvalue weighted by molar-refractivity contribution is -0.123. The van der Waals surface area contributed by atoms with Gasteiger partial charge in [-0.3, -0.25) is 4.79 Å². The number of carbonyl (C=O) groups excluding carboxylic acids is 1. The second-order valence-electron chi connectivity index (χ2n) is 5.89. The van der Waals surface area contributed by atoms with E-state index in [1.165, 1.54) is 6.07 Å². The third kappa shape index (κ3) is 4.43. The van der Waals surface area contributed by atoms with Gasteiger partial charge in [0.15, 0.2) is 0 Å². The van der Waals surface area contributed by atoms with E-state index in [1.54, 1.807) is 49.4 Å². The van der Waals surface area contributed by atoms with Crippen molar-refractivity contribution < 1.29 is 13.2 Å². The van der Waals surface area contributed by atoms with Crippen molar-refractivity contribution in [3.8, 4) is 0 Å². The molecule has 2 aromatic rings. The molecule has 0 saturated carbocycles. The van der Waals surface area contributed by atoms with E-state index in [0.717, 1.165) is 0 Å². The second-order valence-corrected chi connectivity index (χ2v) is 7.58. The quantitative estimate of drug-likeness (QED) is 0.844. The first-order valence-electron chi connectivity index (χ1n) is 7.74. The fraction of sp³-hybridized carbons (Fsp3) is 0.278. The number of amides is 1. The summed E-state index contributed by atoms with van der Waals surface area (Å²) in [6.45, 7) is 5.38. The molecule has 0 spiro atoms. The van der Waals surface area contributed by atoms with E-state index >= 15 is 0 Å². The maximum Gasteiger partial charge on any atom is 0.242 e. The first kappa shape index (κ1) is 18.2. The molecular weight excluding hydrogens is 324 g/mol. The van der Waals surface area contributed by atoms with Crippen LogP contribution >= 0.6 is 0 Å². The summed E-state index contributed by atoms with van der Waals surface area (Å²) in [4.78, 5) is 12.7. The zero-order valence-corrected chi connectivity index (χ0v) is 14.8. The molecule has 0 aromatic heterocycles. The van der Waals surface area contributed by atoms with Crippen LogP contribution in [0.2, 0.25) is 0 Å². The van der Waals surface area contributed by atoms with Crippen molar-refractivity contribution in [2.24, 2.45) is 0 Å². The number of rotatable bonds is 6. The third-order valence-electron chi connectivity index (χ3n) is 3.48. The molecule has 0 unspecified atom stereocenters. The first-order chi connectivity index (χ1) is 11.3. The van der Waals surface area contributed by atoms with Crippen molar-refractivity contribution in [1.29, 1.82) is 0 Å². The highest BCUT2D eigenvalue weighted by molar-refractivity contribution is 7.89. The molecule has 2 aromatic carbocycles. The first-order valence-corrected chi connectivity index (χ1v) is 9.23. The van der Waals surface area contributed by atoms with Gasteiger partial charge < -0.3 is 5.32 Å². The zero-order chi connectivity index (χ0) is 17.7. The summed E-state index contributed by atoms with van der Waals surface area (Å²) in [5.41, 5.74) is 1.22. The lowest BCUT2D eigenvalue weighted by Gasteiger charge is -2.21. The Morgan fingerprint density at radius 3 is 2.12 bits per heavy atom. The van der Waals surface area contributed by atoms with Crippen LogP contribution in [0.5, 0.6) is 0 Å². The predicted octanol–water partition coefficient (Wildman–Crippen LogP) is 2.54. The number of hydrogen-bond acceptors (Lipinski definition) is 3. The number of carbonyl (C=O) groups is 1. The highest BCUT2D eigenvalue weighted by atomic mass is 32.2. The van der Waals surface area contributed by atoms with Gasteiger partial charge >= 0.3 is 0 Å². The van der Waals surface area contributed by atoms with E-state index in [4.69, 9.17) is 0 Å². The normalized spacial score (nSPS) is 12.8. The van der Waals surface area contributed by atoms with E-state index in [-0.39, 0.29) is 16.8 Å².